The van der Waals surface area contributed by atoms with Crippen molar-refractivity contribution in [3.05, 3.63) is 88.0 Å². The van der Waals surface area contributed by atoms with Crippen molar-refractivity contribution in [2.45, 2.75) is 30.2 Å². The molecule has 0 bridgehead atoms. The first-order chi connectivity index (χ1) is 16.2. The number of hydrogen-bond acceptors (Lipinski definition) is 6. The van der Waals surface area contributed by atoms with E-state index in [1.165, 1.54) is 24.3 Å². The van der Waals surface area contributed by atoms with Gasteiger partial charge < -0.3 is 9.64 Å². The number of sulfonamides is 1. The summed E-state index contributed by atoms with van der Waals surface area (Å²) in [5.41, 5.74) is 2.96. The second kappa shape index (κ2) is 8.41. The number of piperidine rings is 1. The van der Waals surface area contributed by atoms with Crippen LogP contribution in [0.5, 0.6) is 11.5 Å². The van der Waals surface area contributed by atoms with Crippen LogP contribution in [-0.4, -0.2) is 44.4 Å². The highest BCUT2D eigenvalue weighted by Crippen LogP contribution is 2.47. The van der Waals surface area contributed by atoms with Crippen molar-refractivity contribution in [2.24, 2.45) is 0 Å². The minimum Gasteiger partial charge on any atom is -0.457 e. The van der Waals surface area contributed by atoms with E-state index in [-0.39, 0.29) is 22.5 Å². The summed E-state index contributed by atoms with van der Waals surface area (Å²) in [5.74, 6) is 1.02. The molecule has 0 aromatic heterocycles. The quantitative estimate of drug-likeness (QED) is 0.389. The van der Waals surface area contributed by atoms with Gasteiger partial charge in [0.05, 0.1) is 21.5 Å². The summed E-state index contributed by atoms with van der Waals surface area (Å²) in [7, 11) is -1.70. The van der Waals surface area contributed by atoms with Gasteiger partial charge in [-0.1, -0.05) is 17.7 Å². The highest BCUT2D eigenvalue weighted by Gasteiger charge is 2.46. The number of likely N-dealkylation sites (tertiary alicyclic amines) is 1. The molecule has 3 aromatic carbocycles. The monoisotopic (exact) mass is 479 g/mol. The third kappa shape index (κ3) is 3.91. The highest BCUT2D eigenvalue weighted by molar-refractivity contribution is 7.92. The Morgan fingerprint density at radius 3 is 2.29 bits per heavy atom. The zero-order valence-corrected chi connectivity index (χ0v) is 19.7. The number of non-ortho nitro benzene ring substituents is 1. The van der Waals surface area contributed by atoms with Crippen LogP contribution in [0, 0.1) is 17.0 Å². The maximum absolute atomic E-state index is 13.8. The third-order valence-electron chi connectivity index (χ3n) is 6.56. The average molecular weight is 480 g/mol. The molecule has 3 aromatic rings. The molecule has 1 saturated heterocycles. The van der Waals surface area contributed by atoms with Crippen LogP contribution in [0.15, 0.2) is 71.6 Å². The molecule has 0 saturated carbocycles. The van der Waals surface area contributed by atoms with Crippen LogP contribution in [0.4, 0.5) is 11.4 Å². The fourth-order valence-electron chi connectivity index (χ4n) is 4.91. The Hall–Kier alpha value is -3.43. The largest absolute Gasteiger partial charge is 0.457 e. The fraction of sp³-hybridized carbons (Fsp3) is 0.280. The first-order valence-electron chi connectivity index (χ1n) is 11.1. The van der Waals surface area contributed by atoms with Gasteiger partial charge in [0, 0.05) is 24.6 Å². The Kier molecular flexibility index (Phi) is 5.53. The summed E-state index contributed by atoms with van der Waals surface area (Å²) in [5, 5.41) is 10.8. The highest BCUT2D eigenvalue weighted by atomic mass is 32.2. The number of benzene rings is 3. The molecule has 0 radical (unpaired) electrons. The Balaban J connectivity index is 1.43. The molecule has 0 spiro atoms. The van der Waals surface area contributed by atoms with E-state index < -0.39 is 14.9 Å². The Bertz CT molecular complexity index is 1340. The van der Waals surface area contributed by atoms with Crippen LogP contribution < -0.4 is 9.04 Å². The van der Waals surface area contributed by atoms with E-state index in [2.05, 4.69) is 18.0 Å². The summed E-state index contributed by atoms with van der Waals surface area (Å²) in [6, 6.07) is 17.9. The van der Waals surface area contributed by atoms with Gasteiger partial charge in [0.25, 0.3) is 15.7 Å². The van der Waals surface area contributed by atoms with Crippen LogP contribution in [-0.2, 0) is 10.0 Å². The SMILES string of the molecule is Cc1ccc2c(c1)[C@H]1CN(C)CC[C@@H]1N2S(=O)(=O)c1ccc(Oc2ccc([N+](=O)[O-])cc2)cc1. The zero-order chi connectivity index (χ0) is 24.0. The Morgan fingerprint density at radius 1 is 1.00 bits per heavy atom. The predicted molar refractivity (Wildman–Crippen MR) is 129 cm³/mol. The van der Waals surface area contributed by atoms with Crippen molar-refractivity contribution in [1.82, 2.24) is 4.90 Å². The smallest absolute Gasteiger partial charge is 0.269 e. The number of rotatable bonds is 5. The molecule has 8 nitrogen and oxygen atoms in total. The number of fused-ring (bicyclic) bond motifs is 3. The van der Waals surface area contributed by atoms with Crippen molar-refractivity contribution in [3.63, 3.8) is 0 Å². The normalized spacial score (nSPS) is 20.0. The number of nitro groups is 1. The number of hydrogen-bond donors (Lipinski definition) is 0. The zero-order valence-electron chi connectivity index (χ0n) is 18.9. The van der Waals surface area contributed by atoms with Gasteiger partial charge in [-0.2, -0.15) is 0 Å². The second-order valence-corrected chi connectivity index (χ2v) is 10.7. The molecule has 1 fully saturated rings. The minimum atomic E-state index is -3.77. The molecule has 2 aliphatic rings. The van der Waals surface area contributed by atoms with Gasteiger partial charge in [0.15, 0.2) is 0 Å². The van der Waals surface area contributed by atoms with E-state index in [1.807, 2.05) is 19.1 Å². The lowest BCUT2D eigenvalue weighted by Gasteiger charge is -2.36. The maximum atomic E-state index is 13.8. The van der Waals surface area contributed by atoms with E-state index in [4.69, 9.17) is 4.74 Å². The molecule has 9 heteroatoms. The fourth-order valence-corrected chi connectivity index (χ4v) is 6.65. The number of nitrogens with zero attached hydrogens (tertiary/aromatic N) is 3. The molecule has 0 N–H and O–H groups in total. The summed E-state index contributed by atoms with van der Waals surface area (Å²) < 4.78 is 34.9. The molecule has 0 unspecified atom stereocenters. The topological polar surface area (TPSA) is 93.0 Å². The number of ether oxygens (including phenoxy) is 1. The molecule has 176 valence electrons. The Morgan fingerprint density at radius 2 is 1.65 bits per heavy atom. The summed E-state index contributed by atoms with van der Waals surface area (Å²) in [6.07, 6.45) is 0.773. The average Bonchev–Trinajstić information content (AvgIpc) is 3.13. The Labute approximate surface area is 198 Å². The molecule has 0 aliphatic carbocycles. The number of aryl methyl sites for hydroxylation is 1. The van der Waals surface area contributed by atoms with Crippen molar-refractivity contribution in [1.29, 1.82) is 0 Å². The van der Waals surface area contributed by atoms with E-state index in [9.17, 15) is 18.5 Å². The minimum absolute atomic E-state index is 0.0258. The van der Waals surface area contributed by atoms with Crippen molar-refractivity contribution in [2.75, 3.05) is 24.4 Å². The van der Waals surface area contributed by atoms with Gasteiger partial charge in [0.1, 0.15) is 11.5 Å². The van der Waals surface area contributed by atoms with Crippen LogP contribution >= 0.6 is 0 Å². The summed E-state index contributed by atoms with van der Waals surface area (Å²) in [6.45, 7) is 3.71. The third-order valence-corrected chi connectivity index (χ3v) is 8.42. The number of anilines is 1. The first kappa shape index (κ1) is 22.4. The summed E-state index contributed by atoms with van der Waals surface area (Å²) in [4.78, 5) is 12.8. The van der Waals surface area contributed by atoms with Crippen molar-refractivity contribution >= 4 is 21.4 Å². The standard InChI is InChI=1S/C25H25N3O5S/c1-17-3-12-24-22(15-17)23-16-26(2)14-13-25(23)27(24)34(31,32)21-10-8-20(9-11-21)33-19-6-4-18(5-7-19)28(29)30/h3-12,15,23,25H,13-14,16H2,1-2H3/t23-,25+/m1/s1. The lowest BCUT2D eigenvalue weighted by Crippen LogP contribution is -2.47. The molecule has 5 rings (SSSR count). The van der Waals surface area contributed by atoms with E-state index in [0.717, 1.165) is 36.3 Å². The van der Waals surface area contributed by atoms with Gasteiger partial charge in [-0.25, -0.2) is 8.42 Å². The van der Waals surface area contributed by atoms with Crippen molar-refractivity contribution < 1.29 is 18.1 Å². The number of nitro benzene ring substituents is 1. The lowest BCUT2D eigenvalue weighted by molar-refractivity contribution is -0.384. The molecular formula is C25H25N3O5S. The maximum Gasteiger partial charge on any atom is 0.269 e. The van der Waals surface area contributed by atoms with Gasteiger partial charge >= 0.3 is 0 Å². The van der Waals surface area contributed by atoms with Crippen LogP contribution in [0.25, 0.3) is 0 Å². The van der Waals surface area contributed by atoms with Crippen LogP contribution in [0.2, 0.25) is 0 Å². The summed E-state index contributed by atoms with van der Waals surface area (Å²) >= 11 is 0. The first-order valence-corrected chi connectivity index (χ1v) is 12.5. The van der Waals surface area contributed by atoms with Crippen LogP contribution in [0.1, 0.15) is 23.5 Å². The number of likely N-dealkylation sites (N-methyl/N-ethyl adjacent to an activating group) is 1. The molecule has 2 heterocycles. The van der Waals surface area contributed by atoms with Gasteiger partial charge in [-0.3, -0.25) is 14.4 Å². The van der Waals surface area contributed by atoms with Gasteiger partial charge in [-0.05, 0) is 75.0 Å². The van der Waals surface area contributed by atoms with Gasteiger partial charge in [0.2, 0.25) is 0 Å². The van der Waals surface area contributed by atoms with E-state index in [1.54, 1.807) is 28.6 Å². The van der Waals surface area contributed by atoms with Gasteiger partial charge in [-0.15, -0.1) is 0 Å². The molecular weight excluding hydrogens is 454 g/mol. The van der Waals surface area contributed by atoms with Crippen molar-refractivity contribution in [3.8, 4) is 11.5 Å². The van der Waals surface area contributed by atoms with E-state index in [0.29, 0.717) is 11.5 Å². The molecule has 2 atom stereocenters. The lowest BCUT2D eigenvalue weighted by atomic mass is 9.89. The predicted octanol–water partition coefficient (Wildman–Crippen LogP) is 4.69. The molecule has 2 aliphatic heterocycles. The van der Waals surface area contributed by atoms with E-state index >= 15 is 0 Å². The van der Waals surface area contributed by atoms with Crippen LogP contribution in [0.3, 0.4) is 0 Å². The molecule has 0 amide bonds. The molecule has 34 heavy (non-hydrogen) atoms. The second-order valence-electron chi connectivity index (χ2n) is 8.91.